The highest BCUT2D eigenvalue weighted by atomic mass is 14.0. The van der Waals surface area contributed by atoms with E-state index in [1.54, 1.807) is 5.57 Å². The Morgan fingerprint density at radius 1 is 0.846 bits per heavy atom. The van der Waals surface area contributed by atoms with Crippen molar-refractivity contribution in [3.05, 3.63) is 11.1 Å². The Bertz CT molecular complexity index is 103. The van der Waals surface area contributed by atoms with Crippen LogP contribution in [0.2, 0.25) is 0 Å². The molecule has 0 nitrogen and oxygen atoms in total. The van der Waals surface area contributed by atoms with Crippen molar-refractivity contribution in [1.82, 2.24) is 0 Å². The predicted octanol–water partition coefficient (Wildman–Crippen LogP) is 5.44. The van der Waals surface area contributed by atoms with Crippen molar-refractivity contribution in [2.45, 2.75) is 68.7 Å². The molecule has 0 heterocycles. The van der Waals surface area contributed by atoms with Crippen molar-refractivity contribution in [2.75, 3.05) is 0 Å². The summed E-state index contributed by atoms with van der Waals surface area (Å²) in [4.78, 5) is 0. The van der Waals surface area contributed by atoms with Crippen molar-refractivity contribution in [2.24, 2.45) is 5.92 Å². The maximum Gasteiger partial charge on any atom is -0.0297 e. The molecule has 0 fully saturated rings. The van der Waals surface area contributed by atoms with Gasteiger partial charge in [-0.25, -0.2) is 0 Å². The summed E-state index contributed by atoms with van der Waals surface area (Å²) in [6.45, 7) is 19.1. The topological polar surface area (TPSA) is 0 Å². The van der Waals surface area contributed by atoms with E-state index < -0.39 is 0 Å². The van der Waals surface area contributed by atoms with Gasteiger partial charge in [0.1, 0.15) is 0 Å². The Balaban J connectivity index is -0.000000218. The summed E-state index contributed by atoms with van der Waals surface area (Å²) in [7, 11) is 0. The predicted molar refractivity (Wildman–Crippen MR) is 66.2 cm³/mol. The molecule has 0 spiro atoms. The standard InChI is InChI=1S/C9H18.2C2H6/c1-7(2)6-9(5)8(3)4;2*1-2/h7H,6H2,1-5H3;2*1-2H3. The summed E-state index contributed by atoms with van der Waals surface area (Å²) in [5, 5.41) is 0. The molecule has 0 bridgehead atoms. The van der Waals surface area contributed by atoms with Crippen LogP contribution in [-0.2, 0) is 0 Å². The van der Waals surface area contributed by atoms with Gasteiger partial charge in [-0.1, -0.05) is 52.7 Å². The molecule has 0 unspecified atom stereocenters. The van der Waals surface area contributed by atoms with Gasteiger partial charge in [-0.3, -0.25) is 0 Å². The average Bonchev–Trinajstić information content (AvgIpc) is 2.10. The third-order valence-electron chi connectivity index (χ3n) is 1.57. The van der Waals surface area contributed by atoms with Crippen LogP contribution in [0.3, 0.4) is 0 Å². The van der Waals surface area contributed by atoms with E-state index in [1.165, 1.54) is 12.0 Å². The Hall–Kier alpha value is -0.260. The molecule has 0 aliphatic heterocycles. The van der Waals surface area contributed by atoms with Crippen LogP contribution in [0.25, 0.3) is 0 Å². The van der Waals surface area contributed by atoms with Gasteiger partial charge >= 0.3 is 0 Å². The molecular formula is C13H30. The monoisotopic (exact) mass is 186 g/mol. The third kappa shape index (κ3) is 18.6. The molecule has 0 radical (unpaired) electrons. The molecule has 0 saturated carbocycles. The van der Waals surface area contributed by atoms with E-state index in [1.807, 2.05) is 27.7 Å². The normalized spacial score (nSPS) is 7.85. The van der Waals surface area contributed by atoms with Gasteiger partial charge in [0.2, 0.25) is 0 Å². The van der Waals surface area contributed by atoms with Gasteiger partial charge in [-0.15, -0.1) is 0 Å². The molecule has 0 saturated heterocycles. The Labute approximate surface area is 86.4 Å². The summed E-state index contributed by atoms with van der Waals surface area (Å²) >= 11 is 0. The van der Waals surface area contributed by atoms with E-state index in [-0.39, 0.29) is 0 Å². The number of hydrogen-bond donors (Lipinski definition) is 0. The summed E-state index contributed by atoms with van der Waals surface area (Å²) in [5.41, 5.74) is 3.02. The van der Waals surface area contributed by atoms with E-state index in [9.17, 15) is 0 Å². The van der Waals surface area contributed by atoms with Gasteiger partial charge in [-0.2, -0.15) is 0 Å². The van der Waals surface area contributed by atoms with Gasteiger partial charge in [0.05, 0.1) is 0 Å². The maximum atomic E-state index is 2.26. The first-order valence-electron chi connectivity index (χ1n) is 5.67. The fraction of sp³-hybridized carbons (Fsp3) is 0.846. The summed E-state index contributed by atoms with van der Waals surface area (Å²) in [5.74, 6) is 0.805. The summed E-state index contributed by atoms with van der Waals surface area (Å²) < 4.78 is 0. The smallest absolute Gasteiger partial charge is 0.0297 e. The SMILES string of the molecule is CC.CC.CC(C)=C(C)CC(C)C. The molecule has 0 aliphatic rings. The lowest BCUT2D eigenvalue weighted by Crippen LogP contribution is -1.89. The molecular weight excluding hydrogens is 156 g/mol. The maximum absolute atomic E-state index is 2.26. The van der Waals surface area contributed by atoms with Crippen molar-refractivity contribution in [1.29, 1.82) is 0 Å². The zero-order valence-electron chi connectivity index (χ0n) is 11.3. The Morgan fingerprint density at radius 2 is 1.15 bits per heavy atom. The highest BCUT2D eigenvalue weighted by molar-refractivity contribution is 5.06. The van der Waals surface area contributed by atoms with E-state index in [0.29, 0.717) is 0 Å². The lowest BCUT2D eigenvalue weighted by molar-refractivity contribution is 0.638. The minimum atomic E-state index is 0.805. The van der Waals surface area contributed by atoms with Crippen LogP contribution in [0.1, 0.15) is 68.7 Å². The van der Waals surface area contributed by atoms with Gasteiger partial charge in [-0.05, 0) is 33.1 Å². The molecule has 0 aromatic carbocycles. The highest BCUT2D eigenvalue weighted by Crippen LogP contribution is 2.12. The van der Waals surface area contributed by atoms with Gasteiger partial charge in [0, 0.05) is 0 Å². The van der Waals surface area contributed by atoms with Crippen LogP contribution in [0.4, 0.5) is 0 Å². The quantitative estimate of drug-likeness (QED) is 0.504. The van der Waals surface area contributed by atoms with Gasteiger partial charge in [0.25, 0.3) is 0 Å². The number of hydrogen-bond acceptors (Lipinski definition) is 0. The van der Waals surface area contributed by atoms with Crippen LogP contribution >= 0.6 is 0 Å². The average molecular weight is 186 g/mol. The number of rotatable bonds is 2. The molecule has 0 aliphatic carbocycles. The Kier molecular flexibility index (Phi) is 20.3. The fourth-order valence-electron chi connectivity index (χ4n) is 0.816. The molecule has 13 heavy (non-hydrogen) atoms. The van der Waals surface area contributed by atoms with Crippen molar-refractivity contribution >= 4 is 0 Å². The number of allylic oxidation sites excluding steroid dienone is 2. The van der Waals surface area contributed by atoms with E-state index >= 15 is 0 Å². The van der Waals surface area contributed by atoms with E-state index in [2.05, 4.69) is 34.6 Å². The second-order valence-electron chi connectivity index (χ2n) is 3.38. The van der Waals surface area contributed by atoms with Crippen LogP contribution in [0, 0.1) is 5.92 Å². The molecule has 0 rings (SSSR count). The Morgan fingerprint density at radius 3 is 1.23 bits per heavy atom. The molecule has 0 aromatic heterocycles. The zero-order chi connectivity index (χ0) is 11.4. The first-order chi connectivity index (χ1) is 6.04. The largest absolute Gasteiger partial charge is 0.0775 e. The molecule has 0 N–H and O–H groups in total. The third-order valence-corrected chi connectivity index (χ3v) is 1.57. The van der Waals surface area contributed by atoms with Crippen LogP contribution in [0.15, 0.2) is 11.1 Å². The first-order valence-corrected chi connectivity index (χ1v) is 5.67. The second kappa shape index (κ2) is 14.3. The lowest BCUT2D eigenvalue weighted by Gasteiger charge is -2.05. The second-order valence-corrected chi connectivity index (χ2v) is 3.38. The fourth-order valence-corrected chi connectivity index (χ4v) is 0.816. The minimum Gasteiger partial charge on any atom is -0.0775 e. The van der Waals surface area contributed by atoms with Crippen molar-refractivity contribution in [3.8, 4) is 0 Å². The molecule has 0 aromatic rings. The van der Waals surface area contributed by atoms with Crippen molar-refractivity contribution < 1.29 is 0 Å². The molecule has 0 amide bonds. The van der Waals surface area contributed by atoms with Gasteiger partial charge in [0.15, 0.2) is 0 Å². The van der Waals surface area contributed by atoms with Crippen LogP contribution in [-0.4, -0.2) is 0 Å². The van der Waals surface area contributed by atoms with Gasteiger partial charge < -0.3 is 0 Å². The molecule has 0 atom stereocenters. The molecule has 82 valence electrons. The molecule has 0 heteroatoms. The zero-order valence-corrected chi connectivity index (χ0v) is 11.3. The van der Waals surface area contributed by atoms with Crippen LogP contribution < -0.4 is 0 Å². The van der Waals surface area contributed by atoms with Crippen LogP contribution in [0.5, 0.6) is 0 Å². The highest BCUT2D eigenvalue weighted by Gasteiger charge is 1.95. The summed E-state index contributed by atoms with van der Waals surface area (Å²) in [6.07, 6.45) is 1.25. The summed E-state index contributed by atoms with van der Waals surface area (Å²) in [6, 6.07) is 0. The van der Waals surface area contributed by atoms with E-state index in [0.717, 1.165) is 5.92 Å². The lowest BCUT2D eigenvalue weighted by atomic mass is 10.0. The van der Waals surface area contributed by atoms with E-state index in [4.69, 9.17) is 0 Å². The first kappa shape index (κ1) is 18.5. The minimum absolute atomic E-state index is 0.805. The van der Waals surface area contributed by atoms with Crippen molar-refractivity contribution in [3.63, 3.8) is 0 Å².